The predicted molar refractivity (Wildman–Crippen MR) is 92.0 cm³/mol. The number of hydrogen-bond acceptors (Lipinski definition) is 5. The van der Waals surface area contributed by atoms with Crippen LogP contribution < -0.4 is 4.90 Å². The van der Waals surface area contributed by atoms with Gasteiger partial charge in [-0.15, -0.1) is 0 Å². The smallest absolute Gasteiger partial charge is 0.302 e. The number of imide groups is 1. The molecule has 4 rings (SSSR count). The van der Waals surface area contributed by atoms with Crippen LogP contribution in [0.25, 0.3) is 0 Å². The third-order valence-electron chi connectivity index (χ3n) is 4.81. The van der Waals surface area contributed by atoms with Gasteiger partial charge in [-0.3, -0.25) is 14.4 Å². The lowest BCUT2D eigenvalue weighted by atomic mass is 9.77. The Labute approximate surface area is 156 Å². The van der Waals surface area contributed by atoms with Gasteiger partial charge in [-0.2, -0.15) is 0 Å². The number of carbonyl (C=O) groups is 3. The van der Waals surface area contributed by atoms with Crippen LogP contribution in [-0.2, 0) is 23.9 Å². The van der Waals surface area contributed by atoms with E-state index in [1.54, 1.807) is 30.4 Å². The number of esters is 1. The van der Waals surface area contributed by atoms with Crippen LogP contribution in [0, 0.1) is 11.8 Å². The molecule has 3 aliphatic heterocycles. The van der Waals surface area contributed by atoms with Gasteiger partial charge in [-0.1, -0.05) is 33.6 Å². The average Bonchev–Trinajstić information content (AvgIpc) is 3.18. The number of halogens is 2. The highest BCUT2D eigenvalue weighted by molar-refractivity contribution is 9.10. The Morgan fingerprint density at radius 1 is 1.40 bits per heavy atom. The molecule has 0 radical (unpaired) electrons. The molecule has 0 N–H and O–H groups in total. The predicted octanol–water partition coefficient (Wildman–Crippen LogP) is 2.48. The van der Waals surface area contributed by atoms with Crippen LogP contribution in [0.2, 0.25) is 5.02 Å². The molecule has 8 heteroatoms. The van der Waals surface area contributed by atoms with E-state index in [0.717, 1.165) is 9.37 Å². The summed E-state index contributed by atoms with van der Waals surface area (Å²) in [6.07, 6.45) is 2.97. The second-order valence-electron chi connectivity index (χ2n) is 6.29. The number of fused-ring (bicyclic) bond motifs is 5. The van der Waals surface area contributed by atoms with Crippen molar-refractivity contribution < 1.29 is 23.9 Å². The monoisotopic (exact) mass is 425 g/mol. The second-order valence-corrected chi connectivity index (χ2v) is 7.61. The zero-order valence-corrected chi connectivity index (χ0v) is 15.4. The number of hydrogen-bond donors (Lipinski definition) is 0. The summed E-state index contributed by atoms with van der Waals surface area (Å²) >= 11 is 9.53. The molecule has 2 amide bonds. The van der Waals surface area contributed by atoms with Crippen molar-refractivity contribution in [3.63, 3.8) is 0 Å². The summed E-state index contributed by atoms with van der Waals surface area (Å²) in [7, 11) is 0. The van der Waals surface area contributed by atoms with Gasteiger partial charge in [0.1, 0.15) is 12.2 Å². The minimum Gasteiger partial charge on any atom is -0.462 e. The van der Waals surface area contributed by atoms with Crippen LogP contribution in [-0.4, -0.2) is 36.1 Å². The Morgan fingerprint density at radius 2 is 2.16 bits per heavy atom. The van der Waals surface area contributed by atoms with Crippen LogP contribution in [0.1, 0.15) is 6.92 Å². The largest absolute Gasteiger partial charge is 0.462 e. The van der Waals surface area contributed by atoms with Gasteiger partial charge in [-0.05, 0) is 24.3 Å². The highest BCUT2D eigenvalue weighted by atomic mass is 79.9. The summed E-state index contributed by atoms with van der Waals surface area (Å²) < 4.78 is 11.7. The molecule has 3 heterocycles. The van der Waals surface area contributed by atoms with E-state index in [0.29, 0.717) is 10.7 Å². The Balaban J connectivity index is 1.72. The Morgan fingerprint density at radius 3 is 2.84 bits per heavy atom. The van der Waals surface area contributed by atoms with Crippen LogP contribution in [0.15, 0.2) is 34.8 Å². The third kappa shape index (κ3) is 2.37. The van der Waals surface area contributed by atoms with Crippen molar-refractivity contribution in [3.05, 3.63) is 39.8 Å². The molecule has 0 unspecified atom stereocenters. The van der Waals surface area contributed by atoms with Crippen LogP contribution in [0.5, 0.6) is 0 Å². The van der Waals surface area contributed by atoms with Gasteiger partial charge in [0.2, 0.25) is 11.8 Å². The molecule has 2 bridgehead atoms. The molecule has 4 atom stereocenters. The maximum atomic E-state index is 13.1. The average molecular weight is 427 g/mol. The fraction of sp³-hybridized carbons (Fsp3) is 0.353. The molecule has 0 aromatic heterocycles. The van der Waals surface area contributed by atoms with E-state index in [4.69, 9.17) is 21.1 Å². The molecule has 0 spiro atoms. The zero-order valence-electron chi connectivity index (χ0n) is 13.1. The number of amides is 2. The van der Waals surface area contributed by atoms with Gasteiger partial charge >= 0.3 is 5.97 Å². The first kappa shape index (κ1) is 16.8. The van der Waals surface area contributed by atoms with Crippen molar-refractivity contribution in [1.29, 1.82) is 0 Å². The third-order valence-corrected chi connectivity index (χ3v) is 5.60. The maximum Gasteiger partial charge on any atom is 0.302 e. The minimum absolute atomic E-state index is 0.0998. The maximum absolute atomic E-state index is 13.1. The molecule has 3 aliphatic rings. The molecule has 2 fully saturated rings. The van der Waals surface area contributed by atoms with Gasteiger partial charge in [0, 0.05) is 11.4 Å². The Hall–Kier alpha value is -1.70. The van der Waals surface area contributed by atoms with E-state index < -0.39 is 35.4 Å². The van der Waals surface area contributed by atoms with Gasteiger partial charge in [0.15, 0.2) is 0 Å². The van der Waals surface area contributed by atoms with Crippen molar-refractivity contribution in [1.82, 2.24) is 0 Å². The zero-order chi connectivity index (χ0) is 17.9. The normalized spacial score (nSPS) is 32.4. The molecule has 6 nitrogen and oxygen atoms in total. The minimum atomic E-state index is -1.09. The summed E-state index contributed by atoms with van der Waals surface area (Å²) in [6.45, 7) is 1.19. The first-order chi connectivity index (χ1) is 11.8. The number of carbonyl (C=O) groups excluding carboxylic acids is 3. The standard InChI is InChI=1S/C17H13BrClNO5/c1-8(21)24-7-17-5-4-12(25-17)13-14(17)16(23)20(15(13)22)11-3-2-9(18)6-10(11)19/h2-6,12-14H,7H2,1H3/t12-,13-,14+,17-/m1/s1. The van der Waals surface area contributed by atoms with Gasteiger partial charge in [-0.25, -0.2) is 4.90 Å². The first-order valence-electron chi connectivity index (χ1n) is 7.67. The van der Waals surface area contributed by atoms with Gasteiger partial charge < -0.3 is 9.47 Å². The van der Waals surface area contributed by atoms with E-state index in [1.807, 2.05) is 0 Å². The quantitative estimate of drug-likeness (QED) is 0.422. The molecule has 2 saturated heterocycles. The van der Waals surface area contributed by atoms with Crippen LogP contribution in [0.4, 0.5) is 5.69 Å². The van der Waals surface area contributed by atoms with Crippen LogP contribution >= 0.6 is 27.5 Å². The molecule has 1 aromatic rings. The van der Waals surface area contributed by atoms with E-state index in [9.17, 15) is 14.4 Å². The summed E-state index contributed by atoms with van der Waals surface area (Å²) in [6, 6.07) is 4.97. The Bertz CT molecular complexity index is 840. The van der Waals surface area contributed by atoms with E-state index in [-0.39, 0.29) is 12.5 Å². The number of anilines is 1. The Kier molecular flexibility index (Phi) is 3.79. The molecule has 25 heavy (non-hydrogen) atoms. The van der Waals surface area contributed by atoms with Crippen molar-refractivity contribution in [2.24, 2.45) is 11.8 Å². The molecule has 130 valence electrons. The van der Waals surface area contributed by atoms with Crippen molar-refractivity contribution in [2.75, 3.05) is 11.5 Å². The molecule has 0 saturated carbocycles. The fourth-order valence-electron chi connectivity index (χ4n) is 3.78. The van der Waals surface area contributed by atoms with Crippen LogP contribution in [0.3, 0.4) is 0 Å². The van der Waals surface area contributed by atoms with Crippen molar-refractivity contribution >= 4 is 51.0 Å². The lowest BCUT2D eigenvalue weighted by Crippen LogP contribution is -2.44. The second kappa shape index (κ2) is 5.65. The number of rotatable bonds is 3. The first-order valence-corrected chi connectivity index (χ1v) is 8.84. The number of benzene rings is 1. The molecule has 1 aromatic carbocycles. The molecule has 0 aliphatic carbocycles. The summed E-state index contributed by atoms with van der Waals surface area (Å²) in [5, 5.41) is 0.298. The van der Waals surface area contributed by atoms with E-state index >= 15 is 0 Å². The topological polar surface area (TPSA) is 72.9 Å². The SMILES string of the molecule is CC(=O)OC[C@@]12C=C[C@@H](O1)[C@H]1C(=O)N(c3ccc(Br)cc3Cl)C(=O)[C@H]12. The van der Waals surface area contributed by atoms with Gasteiger partial charge in [0.25, 0.3) is 0 Å². The van der Waals surface area contributed by atoms with Crippen molar-refractivity contribution in [3.8, 4) is 0 Å². The molecular weight excluding hydrogens is 414 g/mol. The summed E-state index contributed by atoms with van der Waals surface area (Å²) in [4.78, 5) is 38.3. The number of ether oxygens (including phenoxy) is 2. The summed E-state index contributed by atoms with van der Waals surface area (Å²) in [5.41, 5.74) is -0.749. The van der Waals surface area contributed by atoms with E-state index in [1.165, 1.54) is 6.92 Å². The highest BCUT2D eigenvalue weighted by Gasteiger charge is 2.68. The summed E-state index contributed by atoms with van der Waals surface area (Å²) in [5.74, 6) is -2.57. The molecular formula is C17H13BrClNO5. The lowest BCUT2D eigenvalue weighted by Gasteiger charge is -2.28. The van der Waals surface area contributed by atoms with Crippen molar-refractivity contribution in [2.45, 2.75) is 18.6 Å². The number of nitrogens with zero attached hydrogens (tertiary/aromatic N) is 1. The van der Waals surface area contributed by atoms with Gasteiger partial charge in [0.05, 0.1) is 28.6 Å². The lowest BCUT2D eigenvalue weighted by molar-refractivity contribution is -0.150. The fourth-order valence-corrected chi connectivity index (χ4v) is 4.54. The van der Waals surface area contributed by atoms with E-state index in [2.05, 4.69) is 15.9 Å². The highest BCUT2D eigenvalue weighted by Crippen LogP contribution is 2.53.